The number of carbonyl (C=O) groups is 1. The van der Waals surface area contributed by atoms with Crippen LogP contribution in [0.2, 0.25) is 0 Å². The van der Waals surface area contributed by atoms with Gasteiger partial charge in [-0.25, -0.2) is 0 Å². The number of amides is 1. The van der Waals surface area contributed by atoms with Gasteiger partial charge in [0.25, 0.3) is 0 Å². The first-order chi connectivity index (χ1) is 8.50. The fraction of sp³-hybridized carbons (Fsp3) is 0.923. The van der Waals surface area contributed by atoms with Gasteiger partial charge < -0.3 is 15.8 Å². The van der Waals surface area contributed by atoms with Gasteiger partial charge in [-0.2, -0.15) is 0 Å². The van der Waals surface area contributed by atoms with Crippen molar-refractivity contribution in [2.24, 2.45) is 17.6 Å². The average Bonchev–Trinajstić information content (AvgIpc) is 2.36. The van der Waals surface area contributed by atoms with Crippen LogP contribution in [0.3, 0.4) is 0 Å². The number of hydrogen-bond acceptors (Lipinski definition) is 4. The van der Waals surface area contributed by atoms with Crippen molar-refractivity contribution in [3.05, 3.63) is 0 Å². The van der Waals surface area contributed by atoms with Crippen LogP contribution in [0.4, 0.5) is 0 Å². The van der Waals surface area contributed by atoms with E-state index in [1.807, 2.05) is 13.8 Å². The van der Waals surface area contributed by atoms with E-state index in [2.05, 4.69) is 17.1 Å². The van der Waals surface area contributed by atoms with Crippen LogP contribution in [-0.4, -0.2) is 56.2 Å². The number of ether oxygens (including phenoxy) is 1. The number of nitrogens with zero attached hydrogens (tertiary/aromatic N) is 1. The molecule has 0 radical (unpaired) electrons. The largest absolute Gasteiger partial charge is 0.379 e. The van der Waals surface area contributed by atoms with E-state index >= 15 is 0 Å². The molecule has 20 heavy (non-hydrogen) atoms. The van der Waals surface area contributed by atoms with E-state index in [0.29, 0.717) is 12.5 Å². The van der Waals surface area contributed by atoms with Gasteiger partial charge in [0.05, 0.1) is 13.2 Å². The third kappa shape index (κ3) is 8.27. The van der Waals surface area contributed by atoms with Crippen molar-refractivity contribution < 1.29 is 9.53 Å². The molecule has 1 saturated heterocycles. The molecule has 7 heteroatoms. The maximum Gasteiger partial charge on any atom is 0.224 e. The molecule has 1 amide bonds. The maximum atomic E-state index is 11.8. The van der Waals surface area contributed by atoms with Crippen molar-refractivity contribution in [3.8, 4) is 0 Å². The van der Waals surface area contributed by atoms with Crippen LogP contribution in [0.1, 0.15) is 20.8 Å². The summed E-state index contributed by atoms with van der Waals surface area (Å²) in [7, 11) is 0. The van der Waals surface area contributed by atoms with E-state index in [9.17, 15) is 4.79 Å². The van der Waals surface area contributed by atoms with Crippen molar-refractivity contribution >= 4 is 30.7 Å². The smallest absolute Gasteiger partial charge is 0.224 e. The molecule has 1 fully saturated rings. The molecule has 0 aromatic rings. The number of morpholine rings is 1. The van der Waals surface area contributed by atoms with Crippen LogP contribution in [0.5, 0.6) is 0 Å². The highest BCUT2D eigenvalue weighted by Gasteiger charge is 2.18. The first-order valence-corrected chi connectivity index (χ1v) is 6.84. The summed E-state index contributed by atoms with van der Waals surface area (Å²) in [4.78, 5) is 14.1. The quantitative estimate of drug-likeness (QED) is 0.759. The van der Waals surface area contributed by atoms with Gasteiger partial charge in [0, 0.05) is 38.1 Å². The van der Waals surface area contributed by atoms with E-state index in [1.54, 1.807) is 0 Å². The second-order valence-corrected chi connectivity index (χ2v) is 5.41. The predicted octanol–water partition coefficient (Wildman–Crippen LogP) is 0.898. The number of halogens is 2. The first kappa shape index (κ1) is 22.2. The van der Waals surface area contributed by atoms with Gasteiger partial charge in [0.1, 0.15) is 0 Å². The average molecular weight is 330 g/mol. The van der Waals surface area contributed by atoms with E-state index in [1.165, 1.54) is 0 Å². The molecule has 1 heterocycles. The summed E-state index contributed by atoms with van der Waals surface area (Å²) in [6, 6.07) is -0.0976. The SMILES string of the molecule is CC(CNC(=O)C(C)C(C)N)CN1CCOCC1.Cl.Cl. The molecule has 1 aliphatic rings. The Labute approximate surface area is 134 Å². The Balaban J connectivity index is 0. The van der Waals surface area contributed by atoms with Crippen LogP contribution >= 0.6 is 24.8 Å². The van der Waals surface area contributed by atoms with Gasteiger partial charge in [0.15, 0.2) is 0 Å². The van der Waals surface area contributed by atoms with Crippen LogP contribution < -0.4 is 11.1 Å². The lowest BCUT2D eigenvalue weighted by atomic mass is 10.0. The van der Waals surface area contributed by atoms with E-state index < -0.39 is 0 Å². The molecule has 122 valence electrons. The van der Waals surface area contributed by atoms with Crippen molar-refractivity contribution in [3.63, 3.8) is 0 Å². The van der Waals surface area contributed by atoms with Crippen molar-refractivity contribution in [2.75, 3.05) is 39.4 Å². The normalized spacial score (nSPS) is 20.0. The Bertz CT molecular complexity index is 262. The number of carbonyl (C=O) groups excluding carboxylic acids is 1. The third-order valence-corrected chi connectivity index (χ3v) is 3.50. The van der Waals surface area contributed by atoms with Gasteiger partial charge in [0.2, 0.25) is 5.91 Å². The van der Waals surface area contributed by atoms with Gasteiger partial charge in [-0.1, -0.05) is 13.8 Å². The Morgan fingerprint density at radius 3 is 2.30 bits per heavy atom. The standard InChI is InChI=1S/C13H27N3O2.2ClH/c1-10(9-16-4-6-18-7-5-16)8-15-13(17)11(2)12(3)14;;/h10-12H,4-9,14H2,1-3H3,(H,15,17);2*1H. The lowest BCUT2D eigenvalue weighted by Gasteiger charge is -2.29. The highest BCUT2D eigenvalue weighted by atomic mass is 35.5. The molecule has 0 spiro atoms. The fourth-order valence-corrected chi connectivity index (χ4v) is 1.96. The van der Waals surface area contributed by atoms with Crippen LogP contribution in [0.15, 0.2) is 0 Å². The monoisotopic (exact) mass is 329 g/mol. The maximum absolute atomic E-state index is 11.8. The topological polar surface area (TPSA) is 67.6 Å². The molecule has 5 nitrogen and oxygen atoms in total. The second kappa shape index (κ2) is 11.6. The van der Waals surface area contributed by atoms with Crippen molar-refractivity contribution in [1.29, 1.82) is 0 Å². The Morgan fingerprint density at radius 2 is 1.80 bits per heavy atom. The predicted molar refractivity (Wildman–Crippen MR) is 86.7 cm³/mol. The van der Waals surface area contributed by atoms with Crippen molar-refractivity contribution in [2.45, 2.75) is 26.8 Å². The summed E-state index contributed by atoms with van der Waals surface area (Å²) < 4.78 is 5.31. The second-order valence-electron chi connectivity index (χ2n) is 5.41. The lowest BCUT2D eigenvalue weighted by Crippen LogP contribution is -2.43. The molecule has 1 aliphatic heterocycles. The summed E-state index contributed by atoms with van der Waals surface area (Å²) >= 11 is 0. The summed E-state index contributed by atoms with van der Waals surface area (Å²) in [6.07, 6.45) is 0. The minimum atomic E-state index is -0.124. The highest BCUT2D eigenvalue weighted by Crippen LogP contribution is 2.04. The summed E-state index contributed by atoms with van der Waals surface area (Å²) in [6.45, 7) is 11.2. The molecule has 1 rings (SSSR count). The summed E-state index contributed by atoms with van der Waals surface area (Å²) in [5, 5.41) is 2.98. The molecular weight excluding hydrogens is 301 g/mol. The molecule has 0 aromatic carbocycles. The number of nitrogens with two attached hydrogens (primary N) is 1. The highest BCUT2D eigenvalue weighted by molar-refractivity contribution is 5.85. The zero-order valence-corrected chi connectivity index (χ0v) is 14.3. The van der Waals surface area contributed by atoms with Crippen LogP contribution in [0, 0.1) is 11.8 Å². The van der Waals surface area contributed by atoms with E-state index in [4.69, 9.17) is 10.5 Å². The summed E-state index contributed by atoms with van der Waals surface area (Å²) in [5.74, 6) is 0.381. The van der Waals surface area contributed by atoms with Crippen molar-refractivity contribution in [1.82, 2.24) is 10.2 Å². The zero-order chi connectivity index (χ0) is 13.5. The van der Waals surface area contributed by atoms with Crippen LogP contribution in [0.25, 0.3) is 0 Å². The summed E-state index contributed by atoms with van der Waals surface area (Å²) in [5.41, 5.74) is 5.71. The van der Waals surface area contributed by atoms with Gasteiger partial charge >= 0.3 is 0 Å². The number of nitrogens with one attached hydrogen (secondary N) is 1. The number of rotatable bonds is 6. The Morgan fingerprint density at radius 1 is 1.25 bits per heavy atom. The number of hydrogen-bond donors (Lipinski definition) is 2. The minimum absolute atomic E-state index is 0. The Kier molecular flexibility index (Phi) is 12.9. The molecule has 3 unspecified atom stereocenters. The van der Waals surface area contributed by atoms with E-state index in [0.717, 1.165) is 32.8 Å². The Hall–Kier alpha value is -0.0700. The fourth-order valence-electron chi connectivity index (χ4n) is 1.96. The molecule has 3 N–H and O–H groups in total. The van der Waals surface area contributed by atoms with Gasteiger partial charge in [-0.15, -0.1) is 24.8 Å². The van der Waals surface area contributed by atoms with Crippen LogP contribution in [-0.2, 0) is 9.53 Å². The molecule has 0 aromatic heterocycles. The molecular formula is C13H29Cl2N3O2. The lowest BCUT2D eigenvalue weighted by molar-refractivity contribution is -0.125. The first-order valence-electron chi connectivity index (χ1n) is 6.84. The third-order valence-electron chi connectivity index (χ3n) is 3.50. The molecule has 0 saturated carbocycles. The minimum Gasteiger partial charge on any atom is -0.379 e. The molecule has 3 atom stereocenters. The molecule has 0 aliphatic carbocycles. The zero-order valence-electron chi connectivity index (χ0n) is 12.6. The van der Waals surface area contributed by atoms with E-state index in [-0.39, 0.29) is 42.7 Å². The van der Waals surface area contributed by atoms with Gasteiger partial charge in [-0.05, 0) is 12.8 Å². The molecule has 0 bridgehead atoms. The van der Waals surface area contributed by atoms with Gasteiger partial charge in [-0.3, -0.25) is 9.69 Å².